The van der Waals surface area contributed by atoms with Gasteiger partial charge >= 0.3 is 5.91 Å². The van der Waals surface area contributed by atoms with Crippen molar-refractivity contribution in [3.8, 4) is 0 Å². The molecule has 1 aromatic rings. The summed E-state index contributed by atoms with van der Waals surface area (Å²) in [5, 5.41) is 0. The third kappa shape index (κ3) is 1.33. The van der Waals surface area contributed by atoms with Gasteiger partial charge in [-0.2, -0.15) is 0 Å². The quantitative estimate of drug-likeness (QED) is 0.623. The standard InChI is InChI=1S/C11H9NO2/c1-8-2-4-9(5-3-8)12-7-6-10(13)11(12)14/h2-7H,1H3. The largest absolute Gasteiger partial charge is 0.302 e. The van der Waals surface area contributed by atoms with Crippen LogP contribution in [0.4, 0.5) is 5.69 Å². The van der Waals surface area contributed by atoms with Gasteiger partial charge in [-0.3, -0.25) is 14.5 Å². The van der Waals surface area contributed by atoms with Gasteiger partial charge in [0, 0.05) is 18.0 Å². The van der Waals surface area contributed by atoms with Crippen molar-refractivity contribution in [2.24, 2.45) is 0 Å². The van der Waals surface area contributed by atoms with E-state index in [1.807, 2.05) is 31.2 Å². The monoisotopic (exact) mass is 187 g/mol. The second-order valence-electron chi connectivity index (χ2n) is 3.19. The average Bonchev–Trinajstić information content (AvgIpc) is 2.50. The molecule has 0 bridgehead atoms. The average molecular weight is 187 g/mol. The maximum atomic E-state index is 11.3. The van der Waals surface area contributed by atoms with Crippen LogP contribution in [-0.2, 0) is 9.59 Å². The van der Waals surface area contributed by atoms with Crippen LogP contribution >= 0.6 is 0 Å². The lowest BCUT2D eigenvalue weighted by Gasteiger charge is -2.12. The summed E-state index contributed by atoms with van der Waals surface area (Å²) in [5.74, 6) is -0.959. The van der Waals surface area contributed by atoms with Crippen molar-refractivity contribution in [1.82, 2.24) is 0 Å². The van der Waals surface area contributed by atoms with Gasteiger partial charge in [-0.05, 0) is 19.1 Å². The van der Waals surface area contributed by atoms with E-state index in [1.54, 1.807) is 0 Å². The zero-order chi connectivity index (χ0) is 10.1. The van der Waals surface area contributed by atoms with Gasteiger partial charge in [-0.25, -0.2) is 0 Å². The van der Waals surface area contributed by atoms with Crippen LogP contribution in [0, 0.1) is 6.92 Å². The first kappa shape index (κ1) is 8.69. The van der Waals surface area contributed by atoms with Crippen LogP contribution in [0.5, 0.6) is 0 Å². The van der Waals surface area contributed by atoms with E-state index >= 15 is 0 Å². The Balaban J connectivity index is 2.33. The molecule has 0 aromatic heterocycles. The minimum absolute atomic E-state index is 0.467. The Kier molecular flexibility index (Phi) is 1.93. The van der Waals surface area contributed by atoms with Gasteiger partial charge in [-0.15, -0.1) is 0 Å². The van der Waals surface area contributed by atoms with E-state index in [9.17, 15) is 9.59 Å². The molecule has 70 valence electrons. The zero-order valence-corrected chi connectivity index (χ0v) is 7.73. The number of aryl methyl sites for hydroxylation is 1. The van der Waals surface area contributed by atoms with Gasteiger partial charge in [0.15, 0.2) is 0 Å². The van der Waals surface area contributed by atoms with Gasteiger partial charge in [0.05, 0.1) is 0 Å². The molecule has 1 aromatic carbocycles. The molecule has 1 heterocycles. The summed E-state index contributed by atoms with van der Waals surface area (Å²) in [6.07, 6.45) is 2.78. The molecule has 3 heteroatoms. The number of hydrogen-bond donors (Lipinski definition) is 0. The van der Waals surface area contributed by atoms with Gasteiger partial charge in [0.2, 0.25) is 5.78 Å². The molecule has 0 saturated heterocycles. The van der Waals surface area contributed by atoms with E-state index in [0.717, 1.165) is 11.3 Å². The molecule has 1 amide bonds. The Morgan fingerprint density at radius 3 is 2.21 bits per heavy atom. The smallest absolute Gasteiger partial charge is 0.284 e. The number of hydrogen-bond acceptors (Lipinski definition) is 2. The normalized spacial score (nSPS) is 15.4. The number of amides is 1. The molecule has 2 rings (SSSR count). The van der Waals surface area contributed by atoms with E-state index in [1.165, 1.54) is 17.2 Å². The van der Waals surface area contributed by atoms with E-state index in [-0.39, 0.29) is 0 Å². The molecule has 3 nitrogen and oxygen atoms in total. The van der Waals surface area contributed by atoms with E-state index in [0.29, 0.717) is 0 Å². The van der Waals surface area contributed by atoms with Crippen LogP contribution < -0.4 is 4.90 Å². The highest BCUT2D eigenvalue weighted by molar-refractivity contribution is 6.48. The molecule has 0 atom stereocenters. The topological polar surface area (TPSA) is 37.4 Å². The molecular formula is C11H9NO2. The first-order valence-electron chi connectivity index (χ1n) is 4.31. The molecule has 0 unspecified atom stereocenters. The van der Waals surface area contributed by atoms with Crippen molar-refractivity contribution in [1.29, 1.82) is 0 Å². The number of anilines is 1. The Morgan fingerprint density at radius 2 is 1.71 bits per heavy atom. The maximum Gasteiger partial charge on any atom is 0.302 e. The molecule has 14 heavy (non-hydrogen) atoms. The Bertz CT molecular complexity index is 417. The van der Waals surface area contributed by atoms with Crippen LogP contribution in [-0.4, -0.2) is 11.7 Å². The summed E-state index contributed by atoms with van der Waals surface area (Å²) >= 11 is 0. The minimum atomic E-state index is -0.492. The van der Waals surface area contributed by atoms with Crippen LogP contribution in [0.2, 0.25) is 0 Å². The number of ketones is 1. The third-order valence-electron chi connectivity index (χ3n) is 2.12. The molecule has 0 aliphatic carbocycles. The lowest BCUT2D eigenvalue weighted by Crippen LogP contribution is -2.25. The second kappa shape index (κ2) is 3.10. The van der Waals surface area contributed by atoms with Crippen molar-refractivity contribution in [3.05, 3.63) is 42.1 Å². The Hall–Kier alpha value is -1.90. The molecular weight excluding hydrogens is 178 g/mol. The summed E-state index contributed by atoms with van der Waals surface area (Å²) in [6.45, 7) is 1.97. The lowest BCUT2D eigenvalue weighted by atomic mass is 10.2. The molecule has 0 N–H and O–H groups in total. The predicted octanol–water partition coefficient (Wildman–Crippen LogP) is 1.42. The van der Waals surface area contributed by atoms with Crippen LogP contribution in [0.25, 0.3) is 0 Å². The van der Waals surface area contributed by atoms with Gasteiger partial charge in [0.25, 0.3) is 0 Å². The number of rotatable bonds is 1. The van der Waals surface area contributed by atoms with E-state index < -0.39 is 11.7 Å². The summed E-state index contributed by atoms with van der Waals surface area (Å²) in [5.41, 5.74) is 1.85. The molecule has 0 radical (unpaired) electrons. The summed E-state index contributed by atoms with van der Waals surface area (Å²) in [7, 11) is 0. The highest BCUT2D eigenvalue weighted by atomic mass is 16.2. The number of carbonyl (C=O) groups excluding carboxylic acids is 2. The van der Waals surface area contributed by atoms with E-state index in [4.69, 9.17) is 0 Å². The second-order valence-corrected chi connectivity index (χ2v) is 3.19. The molecule has 1 aliphatic rings. The third-order valence-corrected chi connectivity index (χ3v) is 2.12. The fourth-order valence-electron chi connectivity index (χ4n) is 1.31. The Labute approximate surface area is 81.6 Å². The zero-order valence-electron chi connectivity index (χ0n) is 7.73. The predicted molar refractivity (Wildman–Crippen MR) is 52.8 cm³/mol. The fraction of sp³-hybridized carbons (Fsp3) is 0.0909. The van der Waals surface area contributed by atoms with Crippen LogP contribution in [0.3, 0.4) is 0 Å². The Morgan fingerprint density at radius 1 is 1.07 bits per heavy atom. The fourth-order valence-corrected chi connectivity index (χ4v) is 1.31. The van der Waals surface area contributed by atoms with Crippen molar-refractivity contribution in [2.45, 2.75) is 6.92 Å². The maximum absolute atomic E-state index is 11.3. The highest BCUT2D eigenvalue weighted by Crippen LogP contribution is 2.18. The van der Waals surface area contributed by atoms with E-state index in [2.05, 4.69) is 0 Å². The number of nitrogens with zero attached hydrogens (tertiary/aromatic N) is 1. The molecule has 1 aliphatic heterocycles. The SMILES string of the molecule is Cc1ccc(N2C=CC(=O)C2=O)cc1. The molecule has 0 spiro atoms. The summed E-state index contributed by atoms with van der Waals surface area (Å²) < 4.78 is 0. The van der Waals surface area contributed by atoms with Crippen molar-refractivity contribution in [3.63, 3.8) is 0 Å². The molecule has 0 fully saturated rings. The van der Waals surface area contributed by atoms with Crippen molar-refractivity contribution < 1.29 is 9.59 Å². The van der Waals surface area contributed by atoms with Crippen molar-refractivity contribution in [2.75, 3.05) is 4.90 Å². The number of benzene rings is 1. The lowest BCUT2D eigenvalue weighted by molar-refractivity contribution is -0.132. The summed E-state index contributed by atoms with van der Waals surface area (Å²) in [4.78, 5) is 23.6. The summed E-state index contributed by atoms with van der Waals surface area (Å²) in [6, 6.07) is 7.44. The first-order chi connectivity index (χ1) is 6.68. The van der Waals surface area contributed by atoms with Crippen LogP contribution in [0.15, 0.2) is 36.5 Å². The van der Waals surface area contributed by atoms with Gasteiger partial charge in [0.1, 0.15) is 0 Å². The first-order valence-corrected chi connectivity index (χ1v) is 4.31. The highest BCUT2D eigenvalue weighted by Gasteiger charge is 2.24. The van der Waals surface area contributed by atoms with Crippen LogP contribution in [0.1, 0.15) is 5.56 Å². The number of carbonyl (C=O) groups is 2. The molecule has 0 saturated carbocycles. The minimum Gasteiger partial charge on any atom is -0.284 e. The van der Waals surface area contributed by atoms with Gasteiger partial charge in [-0.1, -0.05) is 17.7 Å². The van der Waals surface area contributed by atoms with Crippen molar-refractivity contribution >= 4 is 17.4 Å². The van der Waals surface area contributed by atoms with Gasteiger partial charge < -0.3 is 0 Å².